The first-order valence-corrected chi connectivity index (χ1v) is 16.0. The van der Waals surface area contributed by atoms with E-state index in [1.54, 1.807) is 0 Å². The summed E-state index contributed by atoms with van der Waals surface area (Å²) in [7, 11) is 0. The van der Waals surface area contributed by atoms with E-state index in [0.717, 1.165) is 70.6 Å². The Kier molecular flexibility index (Phi) is 27.7. The number of hydrogen-bond donors (Lipinski definition) is 1. The molecule has 0 saturated heterocycles. The number of carbonyl (C=O) groups excluding carboxylic acids is 1. The van der Waals surface area contributed by atoms with E-state index >= 15 is 0 Å². The van der Waals surface area contributed by atoms with Gasteiger partial charge >= 0.3 is 11.9 Å². The summed E-state index contributed by atoms with van der Waals surface area (Å²) in [5.41, 5.74) is 0. The van der Waals surface area contributed by atoms with Crippen LogP contribution in [0, 0.1) is 0 Å². The summed E-state index contributed by atoms with van der Waals surface area (Å²) >= 11 is 0. The molecule has 0 aliphatic rings. The largest absolute Gasteiger partial charge is 0.481 e. The fourth-order valence-corrected chi connectivity index (χ4v) is 4.95. The van der Waals surface area contributed by atoms with Gasteiger partial charge in [-0.1, -0.05) is 136 Å². The molecule has 0 bridgehead atoms. The molecule has 36 heavy (non-hydrogen) atoms. The molecule has 0 saturated carbocycles. The summed E-state index contributed by atoms with van der Waals surface area (Å²) in [5.74, 6) is -0.690. The van der Waals surface area contributed by atoms with Crippen molar-refractivity contribution in [3.05, 3.63) is 0 Å². The van der Waals surface area contributed by atoms with Gasteiger partial charge in [0.05, 0.1) is 0 Å². The van der Waals surface area contributed by atoms with Gasteiger partial charge in [0.1, 0.15) is 6.10 Å². The lowest BCUT2D eigenvalue weighted by Crippen LogP contribution is -2.18. The summed E-state index contributed by atoms with van der Waals surface area (Å²) in [4.78, 5) is 23.0. The number of hydrogen-bond acceptors (Lipinski definition) is 3. The molecule has 0 amide bonds. The quantitative estimate of drug-likeness (QED) is 0.0802. The van der Waals surface area contributed by atoms with Gasteiger partial charge in [-0.3, -0.25) is 9.59 Å². The zero-order valence-electron chi connectivity index (χ0n) is 24.3. The topological polar surface area (TPSA) is 63.6 Å². The summed E-state index contributed by atoms with van der Waals surface area (Å²) in [6.45, 7) is 4.49. The molecule has 0 aromatic rings. The van der Waals surface area contributed by atoms with Gasteiger partial charge in [-0.2, -0.15) is 0 Å². The number of ether oxygens (including phenoxy) is 1. The van der Waals surface area contributed by atoms with Crippen molar-refractivity contribution >= 4 is 11.9 Å². The monoisotopic (exact) mass is 510 g/mol. The summed E-state index contributed by atoms with van der Waals surface area (Å²) in [5, 5.41) is 8.69. The van der Waals surface area contributed by atoms with Crippen LogP contribution in [0.2, 0.25) is 0 Å². The number of rotatable bonds is 29. The highest BCUT2D eigenvalue weighted by molar-refractivity contribution is 5.69. The molecule has 1 atom stereocenters. The number of aliphatic carboxylic acids is 1. The van der Waals surface area contributed by atoms with Crippen LogP contribution < -0.4 is 0 Å². The van der Waals surface area contributed by atoms with Crippen molar-refractivity contribution in [3.63, 3.8) is 0 Å². The minimum Gasteiger partial charge on any atom is -0.481 e. The van der Waals surface area contributed by atoms with Crippen LogP contribution >= 0.6 is 0 Å². The molecule has 0 spiro atoms. The van der Waals surface area contributed by atoms with Crippen molar-refractivity contribution in [1.82, 2.24) is 0 Å². The Morgan fingerprint density at radius 3 is 1.28 bits per heavy atom. The summed E-state index contributed by atoms with van der Waals surface area (Å²) < 4.78 is 5.88. The van der Waals surface area contributed by atoms with E-state index in [9.17, 15) is 9.59 Å². The second kappa shape index (κ2) is 28.5. The number of carboxylic acids is 1. The second-order valence-electron chi connectivity index (χ2n) is 11.0. The SMILES string of the molecule is CCCCCCCCCCCCCCCCC(=O)OC(CCCCC)CCCCCCCCC(=O)O. The van der Waals surface area contributed by atoms with Crippen LogP contribution in [0.15, 0.2) is 0 Å². The Morgan fingerprint density at radius 2 is 0.833 bits per heavy atom. The molecule has 0 radical (unpaired) electrons. The molecular formula is C32H62O4. The molecule has 1 N–H and O–H groups in total. The molecule has 0 aromatic carbocycles. The van der Waals surface area contributed by atoms with Crippen LogP contribution in [0.1, 0.15) is 187 Å². The van der Waals surface area contributed by atoms with Crippen LogP contribution in [0.5, 0.6) is 0 Å². The zero-order valence-corrected chi connectivity index (χ0v) is 24.3. The lowest BCUT2D eigenvalue weighted by Gasteiger charge is -2.18. The normalized spacial score (nSPS) is 12.1. The standard InChI is InChI=1S/C32H62O4/c1-3-5-7-8-9-10-11-12-13-14-15-16-21-25-29-32(35)36-30(26-22-6-4-2)27-23-19-17-18-20-24-28-31(33)34/h30H,3-29H2,1-2H3,(H,33,34). The molecular weight excluding hydrogens is 448 g/mol. The second-order valence-corrected chi connectivity index (χ2v) is 11.0. The molecule has 0 aliphatic heterocycles. The maximum absolute atomic E-state index is 12.4. The van der Waals surface area contributed by atoms with Gasteiger partial charge in [-0.15, -0.1) is 0 Å². The van der Waals surface area contributed by atoms with Crippen LogP contribution in [-0.4, -0.2) is 23.1 Å². The highest BCUT2D eigenvalue weighted by Gasteiger charge is 2.14. The van der Waals surface area contributed by atoms with Gasteiger partial charge < -0.3 is 9.84 Å². The molecule has 0 aromatic heterocycles. The Morgan fingerprint density at radius 1 is 0.500 bits per heavy atom. The number of unbranched alkanes of at least 4 members (excludes halogenated alkanes) is 20. The molecule has 0 aliphatic carbocycles. The van der Waals surface area contributed by atoms with Gasteiger partial charge in [-0.05, 0) is 38.5 Å². The van der Waals surface area contributed by atoms with E-state index in [0.29, 0.717) is 6.42 Å². The minimum atomic E-state index is -0.694. The third-order valence-electron chi connectivity index (χ3n) is 7.33. The summed E-state index contributed by atoms with van der Waals surface area (Å²) in [6, 6.07) is 0. The van der Waals surface area contributed by atoms with E-state index in [1.807, 2.05) is 0 Å². The van der Waals surface area contributed by atoms with Crippen LogP contribution in [0.4, 0.5) is 0 Å². The average Bonchev–Trinajstić information content (AvgIpc) is 2.85. The van der Waals surface area contributed by atoms with Gasteiger partial charge in [0.15, 0.2) is 0 Å². The predicted molar refractivity (Wildman–Crippen MR) is 154 cm³/mol. The third-order valence-corrected chi connectivity index (χ3v) is 7.33. The van der Waals surface area contributed by atoms with E-state index in [-0.39, 0.29) is 18.5 Å². The Hall–Kier alpha value is -1.06. The smallest absolute Gasteiger partial charge is 0.306 e. The van der Waals surface area contributed by atoms with Gasteiger partial charge in [0.2, 0.25) is 0 Å². The van der Waals surface area contributed by atoms with Crippen LogP contribution in [0.3, 0.4) is 0 Å². The number of carboxylic acid groups (broad SMARTS) is 1. The molecule has 4 nitrogen and oxygen atoms in total. The number of carbonyl (C=O) groups is 2. The third kappa shape index (κ3) is 27.5. The predicted octanol–water partition coefficient (Wildman–Crippen LogP) is 10.6. The Labute approximate surface area is 224 Å². The fraction of sp³-hybridized carbons (Fsp3) is 0.938. The van der Waals surface area contributed by atoms with E-state index < -0.39 is 5.97 Å². The highest BCUT2D eigenvalue weighted by atomic mass is 16.5. The molecule has 0 fully saturated rings. The lowest BCUT2D eigenvalue weighted by atomic mass is 10.0. The van der Waals surface area contributed by atoms with Crippen LogP contribution in [-0.2, 0) is 14.3 Å². The molecule has 1 unspecified atom stereocenters. The lowest BCUT2D eigenvalue weighted by molar-refractivity contribution is -0.150. The molecule has 0 rings (SSSR count). The van der Waals surface area contributed by atoms with Crippen LogP contribution in [0.25, 0.3) is 0 Å². The van der Waals surface area contributed by atoms with E-state index in [2.05, 4.69) is 13.8 Å². The van der Waals surface area contributed by atoms with Crippen molar-refractivity contribution in [2.45, 2.75) is 193 Å². The van der Waals surface area contributed by atoms with Gasteiger partial charge in [0.25, 0.3) is 0 Å². The Bertz CT molecular complexity index is 477. The first kappa shape index (κ1) is 34.9. The van der Waals surface area contributed by atoms with Crippen molar-refractivity contribution in [2.75, 3.05) is 0 Å². The minimum absolute atomic E-state index is 0.00380. The number of esters is 1. The van der Waals surface area contributed by atoms with Crippen molar-refractivity contribution in [1.29, 1.82) is 0 Å². The Balaban J connectivity index is 3.72. The average molecular weight is 511 g/mol. The van der Waals surface area contributed by atoms with E-state index in [4.69, 9.17) is 9.84 Å². The van der Waals surface area contributed by atoms with Gasteiger partial charge in [0, 0.05) is 12.8 Å². The highest BCUT2D eigenvalue weighted by Crippen LogP contribution is 2.18. The summed E-state index contributed by atoms with van der Waals surface area (Å²) in [6.07, 6.45) is 31.3. The first-order valence-electron chi connectivity index (χ1n) is 16.0. The van der Waals surface area contributed by atoms with Crippen molar-refractivity contribution in [2.24, 2.45) is 0 Å². The molecule has 214 valence electrons. The molecule has 4 heteroatoms. The van der Waals surface area contributed by atoms with Crippen molar-refractivity contribution < 1.29 is 19.4 Å². The molecule has 0 heterocycles. The fourth-order valence-electron chi connectivity index (χ4n) is 4.95. The van der Waals surface area contributed by atoms with E-state index in [1.165, 1.54) is 89.9 Å². The maximum atomic E-state index is 12.4. The zero-order chi connectivity index (χ0) is 26.5. The maximum Gasteiger partial charge on any atom is 0.306 e. The van der Waals surface area contributed by atoms with Crippen molar-refractivity contribution in [3.8, 4) is 0 Å². The van der Waals surface area contributed by atoms with Gasteiger partial charge in [-0.25, -0.2) is 0 Å². The first-order chi connectivity index (χ1) is 17.6.